The van der Waals surface area contributed by atoms with Crippen molar-refractivity contribution >= 4 is 35.2 Å². The molecule has 1 aliphatic heterocycles. The molecule has 2 rings (SSSR count). The van der Waals surface area contributed by atoms with Crippen LogP contribution in [0.25, 0.3) is 0 Å². The maximum Gasteiger partial charge on any atom is 0.316 e. The van der Waals surface area contributed by atoms with E-state index in [9.17, 15) is 14.9 Å². The second kappa shape index (κ2) is 8.22. The Morgan fingerprint density at radius 2 is 2.21 bits per heavy atom. The minimum absolute atomic E-state index is 0.0220. The second-order valence-corrected chi connectivity index (χ2v) is 6.90. The lowest BCUT2D eigenvalue weighted by Crippen LogP contribution is -2.31. The molecule has 1 heterocycles. The van der Waals surface area contributed by atoms with E-state index in [1.807, 2.05) is 6.07 Å². The third-order valence-electron chi connectivity index (χ3n) is 3.34. The van der Waals surface area contributed by atoms with Gasteiger partial charge in [0.2, 0.25) is 5.91 Å². The summed E-state index contributed by atoms with van der Waals surface area (Å²) in [7, 11) is 0. The van der Waals surface area contributed by atoms with Crippen molar-refractivity contribution in [3.8, 4) is 6.07 Å². The first-order chi connectivity index (χ1) is 11.4. The fourth-order valence-electron chi connectivity index (χ4n) is 2.38. The minimum Gasteiger partial charge on any atom is -0.462 e. The van der Waals surface area contributed by atoms with Crippen molar-refractivity contribution in [2.24, 2.45) is 0 Å². The quantitative estimate of drug-likeness (QED) is 0.810. The highest BCUT2D eigenvalue weighted by Gasteiger charge is 2.31. The molecule has 0 saturated carbocycles. The fraction of sp³-hybridized carbons (Fsp3) is 0.353. The van der Waals surface area contributed by atoms with Crippen LogP contribution in [0, 0.1) is 11.3 Å². The van der Waals surface area contributed by atoms with E-state index in [0.717, 1.165) is 17.3 Å². The molecule has 126 valence electrons. The third-order valence-corrected chi connectivity index (χ3v) is 4.67. The number of nitriles is 1. The molecular formula is C17H17ClN2O3S. The summed E-state index contributed by atoms with van der Waals surface area (Å²) < 4.78 is 5.07. The molecule has 0 aliphatic carbocycles. The monoisotopic (exact) mass is 364 g/mol. The zero-order valence-corrected chi connectivity index (χ0v) is 14.9. The summed E-state index contributed by atoms with van der Waals surface area (Å²) in [4.78, 5) is 23.7. The van der Waals surface area contributed by atoms with Gasteiger partial charge in [-0.3, -0.25) is 9.59 Å². The van der Waals surface area contributed by atoms with Gasteiger partial charge in [0.15, 0.2) is 0 Å². The highest BCUT2D eigenvalue weighted by atomic mass is 35.5. The Bertz CT molecular complexity index is 725. The number of hydrogen-bond donors (Lipinski definition) is 1. The highest BCUT2D eigenvalue weighted by molar-refractivity contribution is 8.03. The standard InChI is InChI=1S/C17H17ClN2O3S/c1-10(2)23-16(22)9-24-17-13(8-19)12(7-15(21)20-17)11-5-3-4-6-14(11)18/h3-6,10,12H,7,9H2,1-2H3,(H,20,21)/t12-/m1/s1. The topological polar surface area (TPSA) is 79.2 Å². The van der Waals surface area contributed by atoms with Crippen LogP contribution < -0.4 is 5.32 Å². The molecule has 1 aromatic carbocycles. The van der Waals surface area contributed by atoms with Gasteiger partial charge in [-0.25, -0.2) is 0 Å². The number of ether oxygens (including phenoxy) is 1. The van der Waals surface area contributed by atoms with Crippen LogP contribution in [0.1, 0.15) is 31.7 Å². The van der Waals surface area contributed by atoms with E-state index in [-0.39, 0.29) is 24.2 Å². The summed E-state index contributed by atoms with van der Waals surface area (Å²) in [5.41, 5.74) is 1.14. The fourth-order valence-corrected chi connectivity index (χ4v) is 3.51. The molecule has 1 aromatic rings. The SMILES string of the molecule is CC(C)OC(=O)CSC1=C(C#N)[C@@H](c2ccccc2Cl)CC(=O)N1. The normalized spacial score (nSPS) is 17.5. The number of rotatable bonds is 5. The number of carbonyl (C=O) groups excluding carboxylic acids is 2. The number of benzene rings is 1. The number of amides is 1. The number of thioether (sulfide) groups is 1. The first-order valence-electron chi connectivity index (χ1n) is 7.43. The predicted octanol–water partition coefficient (Wildman–Crippen LogP) is 3.36. The van der Waals surface area contributed by atoms with Crippen molar-refractivity contribution in [1.82, 2.24) is 5.32 Å². The predicted molar refractivity (Wildman–Crippen MR) is 93.3 cm³/mol. The van der Waals surface area contributed by atoms with Gasteiger partial charge in [-0.05, 0) is 25.5 Å². The van der Waals surface area contributed by atoms with Crippen LogP contribution in [0.3, 0.4) is 0 Å². The molecule has 1 aliphatic rings. The van der Waals surface area contributed by atoms with Crippen molar-refractivity contribution in [2.45, 2.75) is 32.3 Å². The van der Waals surface area contributed by atoms with Crippen molar-refractivity contribution < 1.29 is 14.3 Å². The summed E-state index contributed by atoms with van der Waals surface area (Å²) in [6, 6.07) is 9.29. The molecule has 0 bridgehead atoms. The molecule has 5 nitrogen and oxygen atoms in total. The smallest absolute Gasteiger partial charge is 0.316 e. The van der Waals surface area contributed by atoms with Crippen LogP contribution in [0.2, 0.25) is 5.02 Å². The lowest BCUT2D eigenvalue weighted by atomic mass is 9.87. The first-order valence-corrected chi connectivity index (χ1v) is 8.79. The van der Waals surface area contributed by atoms with Crippen molar-refractivity contribution in [3.63, 3.8) is 0 Å². The van der Waals surface area contributed by atoms with Gasteiger partial charge in [0.25, 0.3) is 0 Å². The van der Waals surface area contributed by atoms with E-state index < -0.39 is 11.9 Å². The maximum atomic E-state index is 12.0. The molecule has 1 amide bonds. The summed E-state index contributed by atoms with van der Waals surface area (Å²) in [6.45, 7) is 3.52. The van der Waals surface area contributed by atoms with Gasteiger partial charge in [-0.15, -0.1) is 0 Å². The Morgan fingerprint density at radius 3 is 2.83 bits per heavy atom. The van der Waals surface area contributed by atoms with Crippen LogP contribution in [0.4, 0.5) is 0 Å². The molecule has 0 spiro atoms. The molecule has 24 heavy (non-hydrogen) atoms. The molecule has 0 aromatic heterocycles. The number of halogens is 1. The van der Waals surface area contributed by atoms with Crippen molar-refractivity contribution in [1.29, 1.82) is 5.26 Å². The lowest BCUT2D eigenvalue weighted by Gasteiger charge is -2.25. The zero-order valence-electron chi connectivity index (χ0n) is 13.3. The van der Waals surface area contributed by atoms with Crippen LogP contribution in [0.15, 0.2) is 34.9 Å². The molecule has 0 saturated heterocycles. The molecule has 0 unspecified atom stereocenters. The van der Waals surface area contributed by atoms with E-state index in [1.165, 1.54) is 0 Å². The van der Waals surface area contributed by atoms with Crippen molar-refractivity contribution in [3.05, 3.63) is 45.5 Å². The van der Waals surface area contributed by atoms with Crippen LogP contribution in [-0.4, -0.2) is 23.7 Å². The van der Waals surface area contributed by atoms with E-state index in [4.69, 9.17) is 16.3 Å². The van der Waals surface area contributed by atoms with Crippen LogP contribution >= 0.6 is 23.4 Å². The number of nitrogens with one attached hydrogen (secondary N) is 1. The molecule has 0 radical (unpaired) electrons. The Hall–Kier alpha value is -1.97. The molecular weight excluding hydrogens is 348 g/mol. The van der Waals surface area contributed by atoms with Gasteiger partial charge in [0.05, 0.1) is 28.5 Å². The van der Waals surface area contributed by atoms with Gasteiger partial charge in [-0.2, -0.15) is 5.26 Å². The van der Waals surface area contributed by atoms with Crippen LogP contribution in [0.5, 0.6) is 0 Å². The van der Waals surface area contributed by atoms with E-state index in [2.05, 4.69) is 11.4 Å². The second-order valence-electron chi connectivity index (χ2n) is 5.51. The summed E-state index contributed by atoms with van der Waals surface area (Å²) in [5, 5.41) is 13.1. The average molecular weight is 365 g/mol. The summed E-state index contributed by atoms with van der Waals surface area (Å²) in [5.74, 6) is -0.998. The number of nitrogens with zero attached hydrogens (tertiary/aromatic N) is 1. The first kappa shape index (κ1) is 18.4. The number of carbonyl (C=O) groups is 2. The van der Waals surface area contributed by atoms with Crippen LogP contribution in [-0.2, 0) is 14.3 Å². The Labute approximate surface area is 150 Å². The van der Waals surface area contributed by atoms with Gasteiger partial charge in [-0.1, -0.05) is 41.6 Å². The molecule has 7 heteroatoms. The van der Waals surface area contributed by atoms with Crippen molar-refractivity contribution in [2.75, 3.05) is 5.75 Å². The third kappa shape index (κ3) is 4.53. The van der Waals surface area contributed by atoms with Gasteiger partial charge in [0, 0.05) is 17.4 Å². The van der Waals surface area contributed by atoms with E-state index >= 15 is 0 Å². The van der Waals surface area contributed by atoms with E-state index in [1.54, 1.807) is 32.0 Å². The minimum atomic E-state index is -0.416. The Kier molecular flexibility index (Phi) is 6.29. The summed E-state index contributed by atoms with van der Waals surface area (Å²) in [6.07, 6.45) is -0.0630. The lowest BCUT2D eigenvalue weighted by molar-refractivity contribution is -0.144. The average Bonchev–Trinajstić information content (AvgIpc) is 2.52. The highest BCUT2D eigenvalue weighted by Crippen LogP contribution is 2.38. The summed E-state index contributed by atoms with van der Waals surface area (Å²) >= 11 is 7.31. The van der Waals surface area contributed by atoms with E-state index in [0.29, 0.717) is 15.6 Å². The Morgan fingerprint density at radius 1 is 1.50 bits per heavy atom. The maximum absolute atomic E-state index is 12.0. The van der Waals surface area contributed by atoms with Gasteiger partial charge >= 0.3 is 5.97 Å². The molecule has 1 N–H and O–H groups in total. The van der Waals surface area contributed by atoms with Gasteiger partial charge in [0.1, 0.15) is 0 Å². The number of esters is 1. The zero-order chi connectivity index (χ0) is 17.7. The Balaban J connectivity index is 2.27. The number of hydrogen-bond acceptors (Lipinski definition) is 5. The number of allylic oxidation sites excluding steroid dienone is 1. The molecule has 0 fully saturated rings. The van der Waals surface area contributed by atoms with Gasteiger partial charge < -0.3 is 10.1 Å². The largest absolute Gasteiger partial charge is 0.462 e. The molecule has 1 atom stereocenters.